The zero-order chi connectivity index (χ0) is 11.1. The number of hydrogen-bond acceptors (Lipinski definition) is 3. The molecule has 3 rings (SSSR count). The highest BCUT2D eigenvalue weighted by atomic mass is 16.1. The Kier molecular flexibility index (Phi) is 2.32. The predicted molar refractivity (Wildman–Crippen MR) is 61.5 cm³/mol. The van der Waals surface area contributed by atoms with E-state index in [-0.39, 0.29) is 5.56 Å². The lowest BCUT2D eigenvalue weighted by Crippen LogP contribution is -2.38. The first-order chi connectivity index (χ1) is 7.77. The summed E-state index contributed by atoms with van der Waals surface area (Å²) in [6.07, 6.45) is 4.35. The largest absolute Gasteiger partial charge is 0.311 e. The molecule has 1 N–H and O–H groups in total. The minimum atomic E-state index is 0.216. The Morgan fingerprint density at radius 2 is 2.25 bits per heavy atom. The van der Waals surface area contributed by atoms with Crippen molar-refractivity contribution in [3.63, 3.8) is 0 Å². The van der Waals surface area contributed by atoms with Crippen LogP contribution in [0.3, 0.4) is 0 Å². The van der Waals surface area contributed by atoms with Crippen molar-refractivity contribution >= 4 is 0 Å². The fourth-order valence-electron chi connectivity index (χ4n) is 2.63. The molecule has 4 nitrogen and oxygen atoms in total. The van der Waals surface area contributed by atoms with E-state index in [4.69, 9.17) is 0 Å². The molecule has 1 saturated carbocycles. The summed E-state index contributed by atoms with van der Waals surface area (Å²) in [5.74, 6) is 0.886. The standard InChI is InChI=1S/C12H17N3O/c1-8-14-11-7-13-6-5-10(11)12(16)15(8)9-3-2-4-9/h9,13H,2-7H2,1H3. The molecule has 0 amide bonds. The van der Waals surface area contributed by atoms with Crippen LogP contribution in [0.1, 0.15) is 42.4 Å². The van der Waals surface area contributed by atoms with E-state index >= 15 is 0 Å². The van der Waals surface area contributed by atoms with Crippen LogP contribution in [0.15, 0.2) is 4.79 Å². The zero-order valence-corrected chi connectivity index (χ0v) is 9.62. The fourth-order valence-corrected chi connectivity index (χ4v) is 2.63. The molecule has 1 aromatic rings. The van der Waals surface area contributed by atoms with Gasteiger partial charge in [-0.25, -0.2) is 4.98 Å². The van der Waals surface area contributed by atoms with Crippen molar-refractivity contribution < 1.29 is 0 Å². The summed E-state index contributed by atoms with van der Waals surface area (Å²) in [5, 5.41) is 3.26. The van der Waals surface area contributed by atoms with Gasteiger partial charge in [-0.2, -0.15) is 0 Å². The lowest BCUT2D eigenvalue weighted by molar-refractivity contribution is 0.295. The van der Waals surface area contributed by atoms with Crippen molar-refractivity contribution in [2.75, 3.05) is 6.54 Å². The van der Waals surface area contributed by atoms with E-state index in [9.17, 15) is 4.79 Å². The fraction of sp³-hybridized carbons (Fsp3) is 0.667. The maximum atomic E-state index is 12.4. The van der Waals surface area contributed by atoms with Crippen molar-refractivity contribution in [1.29, 1.82) is 0 Å². The van der Waals surface area contributed by atoms with Crippen molar-refractivity contribution in [3.05, 3.63) is 27.4 Å². The van der Waals surface area contributed by atoms with E-state index in [2.05, 4.69) is 10.3 Å². The lowest BCUT2D eigenvalue weighted by atomic mass is 9.92. The second kappa shape index (κ2) is 3.70. The summed E-state index contributed by atoms with van der Waals surface area (Å²) in [4.78, 5) is 16.9. The van der Waals surface area contributed by atoms with Gasteiger partial charge in [-0.3, -0.25) is 9.36 Å². The van der Waals surface area contributed by atoms with Gasteiger partial charge in [0.05, 0.1) is 5.69 Å². The maximum Gasteiger partial charge on any atom is 0.257 e. The van der Waals surface area contributed by atoms with Gasteiger partial charge in [-0.15, -0.1) is 0 Å². The Hall–Kier alpha value is -1.16. The number of rotatable bonds is 1. The lowest BCUT2D eigenvalue weighted by Gasteiger charge is -2.30. The summed E-state index contributed by atoms with van der Waals surface area (Å²) in [7, 11) is 0. The molecule has 1 aliphatic carbocycles. The molecule has 2 aliphatic rings. The summed E-state index contributed by atoms with van der Waals surface area (Å²) in [6.45, 7) is 3.60. The monoisotopic (exact) mass is 219 g/mol. The number of aryl methyl sites for hydroxylation is 1. The van der Waals surface area contributed by atoms with Crippen LogP contribution in [-0.4, -0.2) is 16.1 Å². The molecule has 1 fully saturated rings. The molecule has 86 valence electrons. The van der Waals surface area contributed by atoms with Gasteiger partial charge < -0.3 is 5.32 Å². The molecule has 0 spiro atoms. The van der Waals surface area contributed by atoms with Gasteiger partial charge in [0.25, 0.3) is 5.56 Å². The number of aromatic nitrogens is 2. The van der Waals surface area contributed by atoms with E-state index < -0.39 is 0 Å². The normalized spacial score (nSPS) is 20.3. The van der Waals surface area contributed by atoms with Gasteiger partial charge in [-0.1, -0.05) is 0 Å². The molecule has 16 heavy (non-hydrogen) atoms. The van der Waals surface area contributed by atoms with E-state index in [1.807, 2.05) is 11.5 Å². The van der Waals surface area contributed by atoms with E-state index in [0.29, 0.717) is 6.04 Å². The molecule has 0 radical (unpaired) electrons. The smallest absolute Gasteiger partial charge is 0.257 e. The predicted octanol–water partition coefficient (Wildman–Crippen LogP) is 0.922. The van der Waals surface area contributed by atoms with Crippen LogP contribution < -0.4 is 10.9 Å². The van der Waals surface area contributed by atoms with Crippen LogP contribution in [0.25, 0.3) is 0 Å². The quantitative estimate of drug-likeness (QED) is 0.764. The Bertz CT molecular complexity index is 474. The molecule has 4 heteroatoms. The van der Waals surface area contributed by atoms with Crippen molar-refractivity contribution in [3.8, 4) is 0 Å². The molecule has 1 aliphatic heterocycles. The van der Waals surface area contributed by atoms with E-state index in [1.165, 1.54) is 6.42 Å². The van der Waals surface area contributed by atoms with Crippen molar-refractivity contribution in [2.45, 2.75) is 45.2 Å². The second-order valence-electron chi connectivity index (χ2n) is 4.77. The van der Waals surface area contributed by atoms with Crippen LogP contribution in [0.2, 0.25) is 0 Å². The second-order valence-corrected chi connectivity index (χ2v) is 4.77. The Morgan fingerprint density at radius 3 is 2.94 bits per heavy atom. The molecule has 0 atom stereocenters. The van der Waals surface area contributed by atoms with Gasteiger partial charge in [0.15, 0.2) is 0 Å². The van der Waals surface area contributed by atoms with Crippen LogP contribution in [0.5, 0.6) is 0 Å². The van der Waals surface area contributed by atoms with Gasteiger partial charge in [-0.05, 0) is 39.2 Å². The Balaban J connectivity index is 2.14. The van der Waals surface area contributed by atoms with Crippen LogP contribution in [0, 0.1) is 6.92 Å². The van der Waals surface area contributed by atoms with Gasteiger partial charge in [0, 0.05) is 18.2 Å². The number of hydrogen-bond donors (Lipinski definition) is 1. The first-order valence-electron chi connectivity index (χ1n) is 6.09. The maximum absolute atomic E-state index is 12.4. The third kappa shape index (κ3) is 1.40. The molecule has 0 saturated heterocycles. The SMILES string of the molecule is Cc1nc2c(c(=O)n1C1CCC1)CCNC2. The van der Waals surface area contributed by atoms with E-state index in [0.717, 1.165) is 49.4 Å². The third-order valence-corrected chi connectivity index (χ3v) is 3.75. The van der Waals surface area contributed by atoms with Crippen LogP contribution >= 0.6 is 0 Å². The number of nitrogens with one attached hydrogen (secondary N) is 1. The zero-order valence-electron chi connectivity index (χ0n) is 9.62. The molecular formula is C12H17N3O. The van der Waals surface area contributed by atoms with Gasteiger partial charge in [0.1, 0.15) is 5.82 Å². The van der Waals surface area contributed by atoms with Gasteiger partial charge >= 0.3 is 0 Å². The van der Waals surface area contributed by atoms with Crippen LogP contribution in [0.4, 0.5) is 0 Å². The Morgan fingerprint density at radius 1 is 1.44 bits per heavy atom. The summed E-state index contributed by atoms with van der Waals surface area (Å²) in [6, 6.07) is 0.417. The van der Waals surface area contributed by atoms with Crippen molar-refractivity contribution in [2.24, 2.45) is 0 Å². The average molecular weight is 219 g/mol. The minimum absolute atomic E-state index is 0.216. The summed E-state index contributed by atoms with van der Waals surface area (Å²) >= 11 is 0. The number of fused-ring (bicyclic) bond motifs is 1. The summed E-state index contributed by atoms with van der Waals surface area (Å²) < 4.78 is 1.92. The Labute approximate surface area is 94.7 Å². The molecule has 0 bridgehead atoms. The molecule has 0 aromatic carbocycles. The molecule has 2 heterocycles. The highest BCUT2D eigenvalue weighted by Gasteiger charge is 2.25. The topological polar surface area (TPSA) is 46.9 Å². The average Bonchev–Trinajstić information content (AvgIpc) is 2.21. The highest BCUT2D eigenvalue weighted by Crippen LogP contribution is 2.31. The highest BCUT2D eigenvalue weighted by molar-refractivity contribution is 5.22. The molecule has 0 unspecified atom stereocenters. The first kappa shape index (κ1) is 10.0. The minimum Gasteiger partial charge on any atom is -0.311 e. The molecule has 1 aromatic heterocycles. The first-order valence-corrected chi connectivity index (χ1v) is 6.09. The third-order valence-electron chi connectivity index (χ3n) is 3.75. The van der Waals surface area contributed by atoms with E-state index in [1.54, 1.807) is 0 Å². The number of nitrogens with zero attached hydrogens (tertiary/aromatic N) is 2. The molecular weight excluding hydrogens is 202 g/mol. The van der Waals surface area contributed by atoms with Crippen molar-refractivity contribution in [1.82, 2.24) is 14.9 Å². The summed E-state index contributed by atoms with van der Waals surface area (Å²) in [5.41, 5.74) is 2.12. The van der Waals surface area contributed by atoms with Crippen LogP contribution in [-0.2, 0) is 13.0 Å². The van der Waals surface area contributed by atoms with Gasteiger partial charge in [0.2, 0.25) is 0 Å².